The first kappa shape index (κ1) is 25.2. The average Bonchev–Trinajstić information content (AvgIpc) is 2.77. The van der Waals surface area contributed by atoms with E-state index in [1.807, 2.05) is 0 Å². The largest absolute Gasteiger partial charge is 0.322 e. The number of anilines is 1. The van der Waals surface area contributed by atoms with E-state index in [4.69, 9.17) is 0 Å². The second-order valence-electron chi connectivity index (χ2n) is 7.43. The maximum Gasteiger partial charge on any atom is 0.295 e. The number of hydrogen-bond acceptors (Lipinski definition) is 6. The van der Waals surface area contributed by atoms with E-state index in [0.717, 1.165) is 6.07 Å². The van der Waals surface area contributed by atoms with Gasteiger partial charge in [-0.05, 0) is 49.2 Å². The Morgan fingerprint density at radius 1 is 0.765 bits per heavy atom. The molecule has 0 saturated heterocycles. The molecule has 178 valence electrons. The lowest BCUT2D eigenvalue weighted by Crippen LogP contribution is -2.13. The molecule has 11 heteroatoms. The van der Waals surface area contributed by atoms with Gasteiger partial charge in [0.15, 0.2) is 5.78 Å². The van der Waals surface area contributed by atoms with E-state index in [9.17, 15) is 35.5 Å². The van der Waals surface area contributed by atoms with Gasteiger partial charge < -0.3 is 5.32 Å². The van der Waals surface area contributed by atoms with Crippen molar-refractivity contribution in [2.75, 3.05) is 5.32 Å². The Balaban J connectivity index is 2.07. The van der Waals surface area contributed by atoms with Gasteiger partial charge in [0, 0.05) is 27.9 Å². The zero-order valence-corrected chi connectivity index (χ0v) is 19.8. The van der Waals surface area contributed by atoms with E-state index in [2.05, 4.69) is 5.32 Å². The Kier molecular flexibility index (Phi) is 7.03. The SMILES string of the molecule is CCc1ccc(-c2ccc(NC(=O)c3ccc(C(C)=O)cc3)cc2S(=O)(=O)O)c(S(=O)(=O)O)c1. The van der Waals surface area contributed by atoms with Crippen molar-refractivity contribution in [1.29, 1.82) is 0 Å². The highest BCUT2D eigenvalue weighted by molar-refractivity contribution is 7.86. The van der Waals surface area contributed by atoms with Crippen LogP contribution in [0.3, 0.4) is 0 Å². The lowest BCUT2D eigenvalue weighted by molar-refractivity contribution is 0.100. The molecule has 0 aromatic heterocycles. The van der Waals surface area contributed by atoms with Crippen LogP contribution in [0.2, 0.25) is 0 Å². The highest BCUT2D eigenvalue weighted by atomic mass is 32.2. The molecule has 1 amide bonds. The van der Waals surface area contributed by atoms with E-state index in [0.29, 0.717) is 17.5 Å². The molecule has 0 aliphatic carbocycles. The quantitative estimate of drug-likeness (QED) is 0.324. The second-order valence-corrected chi connectivity index (χ2v) is 10.2. The maximum atomic E-state index is 12.5. The Morgan fingerprint density at radius 3 is 1.76 bits per heavy atom. The van der Waals surface area contributed by atoms with Gasteiger partial charge in [-0.2, -0.15) is 16.8 Å². The molecule has 34 heavy (non-hydrogen) atoms. The van der Waals surface area contributed by atoms with Crippen LogP contribution in [0.15, 0.2) is 70.5 Å². The van der Waals surface area contributed by atoms with Gasteiger partial charge in [-0.3, -0.25) is 18.7 Å². The standard InChI is InChI=1S/C23H21NO8S2/c1-3-15-4-10-19(21(12-15)33(27,28)29)20-11-9-18(13-22(20)34(30,31)32)24-23(26)17-7-5-16(6-8-17)14(2)25/h4-13H,3H2,1-2H3,(H,24,26)(H,27,28,29)(H,30,31,32). The van der Waals surface area contributed by atoms with Gasteiger partial charge in [-0.1, -0.05) is 37.3 Å². The fourth-order valence-corrected chi connectivity index (χ4v) is 4.81. The lowest BCUT2D eigenvalue weighted by Gasteiger charge is -2.14. The van der Waals surface area contributed by atoms with Crippen LogP contribution in [0.5, 0.6) is 0 Å². The van der Waals surface area contributed by atoms with Crippen molar-refractivity contribution < 1.29 is 35.5 Å². The monoisotopic (exact) mass is 503 g/mol. The van der Waals surface area contributed by atoms with Crippen LogP contribution in [0.25, 0.3) is 11.1 Å². The molecule has 0 saturated carbocycles. The highest BCUT2D eigenvalue weighted by Gasteiger charge is 2.24. The van der Waals surface area contributed by atoms with Gasteiger partial charge in [-0.15, -0.1) is 0 Å². The normalized spacial score (nSPS) is 11.8. The Morgan fingerprint density at radius 2 is 1.26 bits per heavy atom. The van der Waals surface area contributed by atoms with Crippen LogP contribution < -0.4 is 5.32 Å². The Bertz CT molecular complexity index is 1490. The molecule has 3 aromatic carbocycles. The smallest absolute Gasteiger partial charge is 0.295 e. The number of aryl methyl sites for hydroxylation is 1. The number of Topliss-reactive ketones (excluding diaryl/α,β-unsaturated/α-hetero) is 1. The van der Waals surface area contributed by atoms with Crippen molar-refractivity contribution in [1.82, 2.24) is 0 Å². The average molecular weight is 504 g/mol. The molecular formula is C23H21NO8S2. The van der Waals surface area contributed by atoms with E-state index in [1.54, 1.807) is 13.0 Å². The molecular weight excluding hydrogens is 482 g/mol. The summed E-state index contributed by atoms with van der Waals surface area (Å²) in [5.41, 5.74) is 0.899. The van der Waals surface area contributed by atoms with Crippen LogP contribution >= 0.6 is 0 Å². The summed E-state index contributed by atoms with van der Waals surface area (Å²) < 4.78 is 67.6. The molecule has 0 unspecified atom stereocenters. The van der Waals surface area contributed by atoms with Gasteiger partial charge >= 0.3 is 0 Å². The molecule has 0 aliphatic heterocycles. The number of amides is 1. The third-order valence-corrected chi connectivity index (χ3v) is 6.88. The number of rotatable bonds is 7. The predicted octanol–water partition coefficient (Wildman–Crippen LogP) is 3.86. The zero-order chi connectivity index (χ0) is 25.3. The second kappa shape index (κ2) is 9.47. The van der Waals surface area contributed by atoms with Crippen LogP contribution in [-0.4, -0.2) is 37.6 Å². The highest BCUT2D eigenvalue weighted by Crippen LogP contribution is 2.35. The summed E-state index contributed by atoms with van der Waals surface area (Å²) in [4.78, 5) is 22.8. The molecule has 9 nitrogen and oxygen atoms in total. The first-order chi connectivity index (χ1) is 15.8. The number of ketones is 1. The first-order valence-electron chi connectivity index (χ1n) is 9.96. The first-order valence-corrected chi connectivity index (χ1v) is 12.8. The lowest BCUT2D eigenvalue weighted by atomic mass is 10.0. The van der Waals surface area contributed by atoms with E-state index >= 15 is 0 Å². The van der Waals surface area contributed by atoms with Crippen molar-refractivity contribution in [3.8, 4) is 11.1 Å². The van der Waals surface area contributed by atoms with E-state index in [-0.39, 0.29) is 28.2 Å². The third-order valence-electron chi connectivity index (χ3n) is 5.09. The fourth-order valence-electron chi connectivity index (χ4n) is 3.32. The third kappa shape index (κ3) is 5.57. The number of carbonyl (C=O) groups excluding carboxylic acids is 2. The Hall–Kier alpha value is -3.38. The maximum absolute atomic E-state index is 12.5. The molecule has 0 fully saturated rings. The minimum atomic E-state index is -4.86. The van der Waals surface area contributed by atoms with E-state index < -0.39 is 35.9 Å². The zero-order valence-electron chi connectivity index (χ0n) is 18.1. The van der Waals surface area contributed by atoms with Gasteiger partial charge in [0.2, 0.25) is 0 Å². The van der Waals surface area contributed by atoms with Crippen molar-refractivity contribution in [2.45, 2.75) is 30.1 Å². The van der Waals surface area contributed by atoms with Crippen molar-refractivity contribution in [3.05, 3.63) is 77.4 Å². The summed E-state index contributed by atoms with van der Waals surface area (Å²) in [5.74, 6) is -0.772. The minimum absolute atomic E-state index is 0.00982. The van der Waals surface area contributed by atoms with E-state index in [1.165, 1.54) is 55.5 Å². The van der Waals surface area contributed by atoms with Crippen LogP contribution in [0, 0.1) is 0 Å². The van der Waals surface area contributed by atoms with Crippen LogP contribution in [0.1, 0.15) is 40.1 Å². The molecule has 0 spiro atoms. The topological polar surface area (TPSA) is 155 Å². The molecule has 3 aromatic rings. The van der Waals surface area contributed by atoms with Gasteiger partial charge in [-0.25, -0.2) is 0 Å². The molecule has 0 bridgehead atoms. The van der Waals surface area contributed by atoms with Crippen LogP contribution in [-0.2, 0) is 26.7 Å². The van der Waals surface area contributed by atoms with Crippen molar-refractivity contribution >= 4 is 37.6 Å². The van der Waals surface area contributed by atoms with Gasteiger partial charge in [0.1, 0.15) is 9.79 Å². The summed E-state index contributed by atoms with van der Waals surface area (Å²) in [5, 5.41) is 2.49. The summed E-state index contributed by atoms with van der Waals surface area (Å²) in [6.45, 7) is 3.16. The number of nitrogens with one attached hydrogen (secondary N) is 1. The Labute approximate surface area is 197 Å². The summed E-state index contributed by atoms with van der Waals surface area (Å²) in [7, 11) is -9.58. The number of hydrogen-bond donors (Lipinski definition) is 3. The minimum Gasteiger partial charge on any atom is -0.322 e. The molecule has 3 rings (SSSR count). The van der Waals surface area contributed by atoms with Crippen LogP contribution in [0.4, 0.5) is 5.69 Å². The molecule has 0 radical (unpaired) electrons. The molecule has 0 heterocycles. The molecule has 0 atom stereocenters. The van der Waals surface area contributed by atoms with Crippen molar-refractivity contribution in [3.63, 3.8) is 0 Å². The fraction of sp³-hybridized carbons (Fsp3) is 0.130. The molecule has 3 N–H and O–H groups in total. The summed E-state index contributed by atoms with van der Waals surface area (Å²) >= 11 is 0. The van der Waals surface area contributed by atoms with Gasteiger partial charge in [0.05, 0.1) is 0 Å². The number of carbonyl (C=O) groups is 2. The summed E-state index contributed by atoms with van der Waals surface area (Å²) in [6.07, 6.45) is 0.465. The number of benzene rings is 3. The summed E-state index contributed by atoms with van der Waals surface area (Å²) in [6, 6.07) is 13.4. The molecule has 0 aliphatic rings. The van der Waals surface area contributed by atoms with Gasteiger partial charge in [0.25, 0.3) is 26.1 Å². The van der Waals surface area contributed by atoms with Crippen molar-refractivity contribution in [2.24, 2.45) is 0 Å². The predicted molar refractivity (Wildman–Crippen MR) is 125 cm³/mol.